The van der Waals surface area contributed by atoms with Gasteiger partial charge in [0.25, 0.3) is 0 Å². The van der Waals surface area contributed by atoms with Gasteiger partial charge in [0.2, 0.25) is 11.8 Å². The van der Waals surface area contributed by atoms with Crippen molar-refractivity contribution >= 4 is 23.5 Å². The van der Waals surface area contributed by atoms with Crippen molar-refractivity contribution in [2.75, 3.05) is 19.7 Å². The molecule has 0 radical (unpaired) electrons. The number of aromatic hydroxyl groups is 1. The van der Waals surface area contributed by atoms with E-state index in [-0.39, 0.29) is 53.4 Å². The topological polar surface area (TPSA) is 70.1 Å². The third-order valence-corrected chi connectivity index (χ3v) is 10.9. The second-order valence-electron chi connectivity index (χ2n) is 14.1. The fourth-order valence-corrected chi connectivity index (χ4v) is 8.53. The van der Waals surface area contributed by atoms with Crippen molar-refractivity contribution in [2.24, 2.45) is 23.7 Å². The van der Waals surface area contributed by atoms with Gasteiger partial charge in [0, 0.05) is 31.6 Å². The first kappa shape index (κ1) is 31.6. The van der Waals surface area contributed by atoms with Crippen molar-refractivity contribution in [2.45, 2.75) is 64.6 Å². The molecule has 2 amide bonds. The summed E-state index contributed by atoms with van der Waals surface area (Å²) in [4.78, 5) is 32.4. The number of phenols is 1. The number of carbonyl (C=O) groups excluding carboxylic acids is 2. The van der Waals surface area contributed by atoms with Crippen LogP contribution in [0.5, 0.6) is 5.75 Å². The van der Waals surface area contributed by atoms with E-state index in [1.54, 1.807) is 17.0 Å². The van der Waals surface area contributed by atoms with Crippen LogP contribution in [0.1, 0.15) is 62.6 Å². The third kappa shape index (κ3) is 6.46. The molecule has 4 atom stereocenters. The van der Waals surface area contributed by atoms with Gasteiger partial charge in [-0.15, -0.1) is 0 Å². The van der Waals surface area contributed by atoms with E-state index in [0.29, 0.717) is 13.0 Å². The highest BCUT2D eigenvalue weighted by molar-refractivity contribution is 6.06. The van der Waals surface area contributed by atoms with Crippen LogP contribution in [0, 0.1) is 23.7 Å². The monoisotopic (exact) mass is 630 g/mol. The predicted molar refractivity (Wildman–Crippen MR) is 185 cm³/mol. The number of fused-ring (bicyclic) bond motifs is 3. The Bertz CT molecular complexity index is 1640. The second kappa shape index (κ2) is 13.6. The molecule has 3 saturated heterocycles. The number of allylic oxidation sites excluding steroid dienone is 2. The lowest BCUT2D eigenvalue weighted by molar-refractivity contribution is -0.144. The van der Waals surface area contributed by atoms with Gasteiger partial charge in [-0.2, -0.15) is 0 Å². The van der Waals surface area contributed by atoms with E-state index in [0.717, 1.165) is 50.9 Å². The number of imide groups is 1. The zero-order valence-corrected chi connectivity index (χ0v) is 27.6. The van der Waals surface area contributed by atoms with Gasteiger partial charge < -0.3 is 9.84 Å². The number of likely N-dealkylation sites (tertiary alicyclic amines) is 2. The number of benzene rings is 3. The van der Waals surface area contributed by atoms with Crippen molar-refractivity contribution in [1.29, 1.82) is 0 Å². The zero-order valence-electron chi connectivity index (χ0n) is 27.6. The van der Waals surface area contributed by atoms with E-state index in [1.165, 1.54) is 27.8 Å². The largest absolute Gasteiger partial charge is 0.508 e. The van der Waals surface area contributed by atoms with E-state index >= 15 is 0 Å². The number of ether oxygens (including phenoxy) is 1. The number of nitrogens with zero attached hydrogens (tertiary/aromatic N) is 2. The van der Waals surface area contributed by atoms with Gasteiger partial charge in [-0.1, -0.05) is 98.3 Å². The molecule has 6 heteroatoms. The molecule has 6 nitrogen and oxygen atoms in total. The molecule has 3 aromatic carbocycles. The molecule has 0 spiro atoms. The smallest absolute Gasteiger partial charge is 0.234 e. The van der Waals surface area contributed by atoms with Gasteiger partial charge in [0.05, 0.1) is 24.5 Å². The van der Waals surface area contributed by atoms with E-state index in [1.807, 2.05) is 24.3 Å². The number of hydrogen-bond donors (Lipinski definition) is 1. The molecule has 3 aromatic rings. The van der Waals surface area contributed by atoms with Crippen LogP contribution < -0.4 is 0 Å². The lowest BCUT2D eigenvalue weighted by Gasteiger charge is -2.36. The summed E-state index contributed by atoms with van der Waals surface area (Å²) in [5, 5.41) is 9.79. The molecular weight excluding hydrogens is 584 g/mol. The summed E-state index contributed by atoms with van der Waals surface area (Å²) in [6.07, 6.45) is 6.08. The minimum absolute atomic E-state index is 0.0184. The van der Waals surface area contributed by atoms with Crippen molar-refractivity contribution in [1.82, 2.24) is 9.80 Å². The summed E-state index contributed by atoms with van der Waals surface area (Å²) in [6, 6.07) is 28.2. The fourth-order valence-electron chi connectivity index (χ4n) is 8.53. The third-order valence-electron chi connectivity index (χ3n) is 10.9. The Morgan fingerprint density at radius 1 is 0.894 bits per heavy atom. The molecule has 0 saturated carbocycles. The first-order valence-electron chi connectivity index (χ1n) is 17.4. The summed E-state index contributed by atoms with van der Waals surface area (Å²) < 4.78 is 6.57. The Morgan fingerprint density at radius 2 is 1.57 bits per heavy atom. The van der Waals surface area contributed by atoms with Crippen LogP contribution >= 0.6 is 0 Å². The highest BCUT2D eigenvalue weighted by atomic mass is 16.5. The van der Waals surface area contributed by atoms with Crippen molar-refractivity contribution in [3.63, 3.8) is 0 Å². The van der Waals surface area contributed by atoms with Crippen LogP contribution in [0.4, 0.5) is 0 Å². The van der Waals surface area contributed by atoms with Crippen LogP contribution in [-0.4, -0.2) is 58.6 Å². The molecule has 0 aromatic heterocycles. The Labute approximate surface area is 278 Å². The maximum absolute atomic E-state index is 14.2. The van der Waals surface area contributed by atoms with Crippen molar-refractivity contribution in [3.05, 3.63) is 113 Å². The zero-order chi connectivity index (χ0) is 32.5. The number of hydrogen-bond acceptors (Lipinski definition) is 5. The highest BCUT2D eigenvalue weighted by Gasteiger charge is 2.58. The molecule has 7 rings (SSSR count). The Kier molecular flexibility index (Phi) is 9.15. The van der Waals surface area contributed by atoms with Crippen LogP contribution in [0.2, 0.25) is 0 Å². The lowest BCUT2D eigenvalue weighted by atomic mass is 9.67. The molecule has 0 bridgehead atoms. The molecule has 1 N–H and O–H groups in total. The number of amides is 2. The van der Waals surface area contributed by atoms with Crippen LogP contribution in [0.15, 0.2) is 96.1 Å². The molecule has 3 heterocycles. The van der Waals surface area contributed by atoms with Crippen molar-refractivity contribution in [3.8, 4) is 5.75 Å². The molecule has 244 valence electrons. The minimum Gasteiger partial charge on any atom is -0.508 e. The Hall–Kier alpha value is -4.00. The van der Waals surface area contributed by atoms with Crippen LogP contribution in [0.3, 0.4) is 0 Å². The normalized spacial score (nSPS) is 25.5. The van der Waals surface area contributed by atoms with Gasteiger partial charge in [-0.05, 0) is 78.0 Å². The van der Waals surface area contributed by atoms with Gasteiger partial charge in [-0.3, -0.25) is 19.4 Å². The molecule has 0 unspecified atom stereocenters. The number of phenolic OH excluding ortho intramolecular Hbond substituents is 1. The maximum Gasteiger partial charge on any atom is 0.234 e. The lowest BCUT2D eigenvalue weighted by Crippen LogP contribution is -2.47. The maximum atomic E-state index is 14.2. The van der Waals surface area contributed by atoms with E-state index < -0.39 is 0 Å². The van der Waals surface area contributed by atoms with E-state index in [2.05, 4.69) is 73.4 Å². The molecule has 3 aliphatic heterocycles. The molecular formula is C41H46N2O4. The second-order valence-corrected chi connectivity index (χ2v) is 14.1. The summed E-state index contributed by atoms with van der Waals surface area (Å²) in [5.41, 5.74) is 7.32. The molecule has 47 heavy (non-hydrogen) atoms. The fraction of sp³-hybridized carbons (Fsp3) is 0.415. The van der Waals surface area contributed by atoms with Crippen molar-refractivity contribution < 1.29 is 19.4 Å². The highest BCUT2D eigenvalue weighted by Crippen LogP contribution is 2.52. The van der Waals surface area contributed by atoms with E-state index in [4.69, 9.17) is 4.74 Å². The van der Waals surface area contributed by atoms with Crippen LogP contribution in [0.25, 0.3) is 11.6 Å². The number of carbonyl (C=O) groups is 2. The van der Waals surface area contributed by atoms with Crippen LogP contribution in [-0.2, 0) is 20.9 Å². The average molecular weight is 631 g/mol. The Morgan fingerprint density at radius 3 is 2.26 bits per heavy atom. The minimum atomic E-state index is -0.312. The average Bonchev–Trinajstić information content (AvgIpc) is 3.62. The molecule has 3 fully saturated rings. The predicted octanol–water partition coefficient (Wildman–Crippen LogP) is 7.35. The number of rotatable bonds is 9. The Balaban J connectivity index is 1.07. The molecule has 4 aliphatic rings. The summed E-state index contributed by atoms with van der Waals surface area (Å²) in [6.45, 7) is 7.63. The van der Waals surface area contributed by atoms with Gasteiger partial charge in [0.1, 0.15) is 5.75 Å². The first-order valence-corrected chi connectivity index (χ1v) is 17.4. The van der Waals surface area contributed by atoms with Gasteiger partial charge in [0.15, 0.2) is 0 Å². The summed E-state index contributed by atoms with van der Waals surface area (Å²) in [5.74, 6) is 0.0123. The van der Waals surface area contributed by atoms with E-state index in [9.17, 15) is 14.7 Å². The number of piperidine rings is 1. The standard InChI is InChI=1S/C41H46N2O4/c1-27(2)34-24-35-39(41(46)43(40(35)45)32-19-21-42(22-20-32)25-29-9-5-3-6-10-29)36-26-47-37(38(34)36)18-15-31(30-11-7-4-8-12-30)23-28-13-16-33(44)17-14-28/h3-14,16-17,23,27,32,35-37,39,44H,15,18-22,24-26H2,1-2H3/b31-23-/t35-,36+,37-,39-/m1/s1. The SMILES string of the molecule is CC(C)C1=C2[C@@H](CC/C(=C/c3ccc(O)cc3)c3ccccc3)OC[C@@H]2[C@@H]2C(=O)N(C3CCN(Cc4ccccc4)CC3)C(=O)[C@@H]2C1. The first-order chi connectivity index (χ1) is 22.9. The summed E-state index contributed by atoms with van der Waals surface area (Å²) in [7, 11) is 0. The molecule has 1 aliphatic carbocycles. The van der Waals surface area contributed by atoms with Gasteiger partial charge in [-0.25, -0.2) is 0 Å². The summed E-state index contributed by atoms with van der Waals surface area (Å²) >= 11 is 0. The quantitative estimate of drug-likeness (QED) is 0.152. The van der Waals surface area contributed by atoms with Gasteiger partial charge >= 0.3 is 0 Å².